The molecule has 1 aliphatic heterocycles. The normalized spacial score (nSPS) is 21.0. The minimum atomic E-state index is -4.02. The van der Waals surface area contributed by atoms with E-state index < -0.39 is 10.2 Å². The average Bonchev–Trinajstić information content (AvgIpc) is 3.04. The number of carbonyl (C=O) groups is 2. The van der Waals surface area contributed by atoms with E-state index in [4.69, 9.17) is 0 Å². The molecule has 0 aromatic heterocycles. The summed E-state index contributed by atoms with van der Waals surface area (Å²) in [6.07, 6.45) is 11.7. The van der Waals surface area contributed by atoms with E-state index in [1.807, 2.05) is 0 Å². The van der Waals surface area contributed by atoms with E-state index in [2.05, 4.69) is 10.6 Å². The molecule has 1 aromatic rings. The number of amides is 2. The highest BCUT2D eigenvalue weighted by atomic mass is 32.2. The highest BCUT2D eigenvalue weighted by molar-refractivity contribution is 7.94. The largest absolute Gasteiger partial charge is 0.354 e. The predicted molar refractivity (Wildman–Crippen MR) is 129 cm³/mol. The zero-order valence-electron chi connectivity index (χ0n) is 19.3. The van der Waals surface area contributed by atoms with Gasteiger partial charge in [-0.3, -0.25) is 9.59 Å². The van der Waals surface area contributed by atoms with Gasteiger partial charge in [-0.2, -0.15) is 8.42 Å². The zero-order valence-corrected chi connectivity index (χ0v) is 20.1. The van der Waals surface area contributed by atoms with Crippen molar-refractivity contribution in [2.45, 2.75) is 64.2 Å². The first-order valence-corrected chi connectivity index (χ1v) is 13.8. The van der Waals surface area contributed by atoms with Crippen LogP contribution in [0.25, 0.3) is 0 Å². The Morgan fingerprint density at radius 1 is 0.727 bits per heavy atom. The van der Waals surface area contributed by atoms with Gasteiger partial charge in [-0.25, -0.2) is 8.61 Å². The Bertz CT molecular complexity index is 871. The van der Waals surface area contributed by atoms with Gasteiger partial charge in [-0.05, 0) is 49.7 Å². The number of nitrogens with zero attached hydrogens (tertiary/aromatic N) is 2. The first kappa shape index (κ1) is 23.9. The predicted octanol–water partition coefficient (Wildman–Crippen LogP) is 2.95. The molecule has 2 N–H and O–H groups in total. The fraction of sp³-hybridized carbons (Fsp3) is 0.667. The van der Waals surface area contributed by atoms with Crippen LogP contribution in [0.2, 0.25) is 0 Å². The number of carbonyl (C=O) groups excluding carboxylic acids is 2. The molecule has 0 saturated heterocycles. The van der Waals surface area contributed by atoms with Gasteiger partial charge in [0, 0.05) is 13.1 Å². The van der Waals surface area contributed by atoms with E-state index in [9.17, 15) is 18.0 Å². The Hall–Kier alpha value is -2.29. The molecule has 2 amide bonds. The van der Waals surface area contributed by atoms with Crippen LogP contribution in [0.15, 0.2) is 24.3 Å². The first-order chi connectivity index (χ1) is 15.9. The topological polar surface area (TPSA) is 98.8 Å². The molecule has 0 spiro atoms. The van der Waals surface area contributed by atoms with Crippen LogP contribution in [0.4, 0.5) is 11.4 Å². The lowest BCUT2D eigenvalue weighted by Crippen LogP contribution is -2.47. The van der Waals surface area contributed by atoms with E-state index >= 15 is 0 Å². The number of hydrogen-bond acceptors (Lipinski definition) is 4. The summed E-state index contributed by atoms with van der Waals surface area (Å²) >= 11 is 0. The highest BCUT2D eigenvalue weighted by Gasteiger charge is 2.42. The summed E-state index contributed by atoms with van der Waals surface area (Å²) in [5, 5.41) is 5.83. The number of fused-ring (bicyclic) bond motifs is 1. The maximum atomic E-state index is 13.3. The van der Waals surface area contributed by atoms with E-state index in [0.29, 0.717) is 36.3 Å². The first-order valence-electron chi connectivity index (χ1n) is 12.4. The summed E-state index contributed by atoms with van der Waals surface area (Å²) in [4.78, 5) is 25.3. The second-order valence-electron chi connectivity index (χ2n) is 9.63. The zero-order chi connectivity index (χ0) is 23.3. The standard InChI is InChI=1S/C24H36N4O4S/c29-23(25-15-19-9-3-1-4-10-19)17-27-21-13-7-8-14-22(21)28(33(27,31)32)18-24(30)26-16-20-11-5-2-6-12-20/h7-8,13-14,19-20H,1-6,9-12,15-18H2,(H,25,29)(H,26,30). The second-order valence-corrected chi connectivity index (χ2v) is 11.4. The molecule has 2 saturated carbocycles. The van der Waals surface area contributed by atoms with Crippen LogP contribution >= 0.6 is 0 Å². The lowest BCUT2D eigenvalue weighted by atomic mass is 9.89. The molecule has 8 nitrogen and oxygen atoms in total. The highest BCUT2D eigenvalue weighted by Crippen LogP contribution is 2.40. The minimum Gasteiger partial charge on any atom is -0.354 e. The van der Waals surface area contributed by atoms with E-state index in [0.717, 1.165) is 34.3 Å². The number of hydrogen-bond donors (Lipinski definition) is 2. The van der Waals surface area contributed by atoms with Crippen molar-refractivity contribution in [2.75, 3.05) is 34.8 Å². The lowest BCUT2D eigenvalue weighted by molar-refractivity contribution is -0.120. The third-order valence-corrected chi connectivity index (χ3v) is 8.94. The van der Waals surface area contributed by atoms with Crippen molar-refractivity contribution in [1.29, 1.82) is 0 Å². The minimum absolute atomic E-state index is 0.285. The Morgan fingerprint density at radius 3 is 1.52 bits per heavy atom. The molecule has 4 rings (SSSR count). The molecule has 1 heterocycles. The summed E-state index contributed by atoms with van der Waals surface area (Å²) in [6.45, 7) is 0.599. The van der Waals surface area contributed by atoms with Gasteiger partial charge in [0.25, 0.3) is 0 Å². The summed E-state index contributed by atoms with van der Waals surface area (Å²) in [5.41, 5.74) is 0.871. The van der Waals surface area contributed by atoms with Crippen LogP contribution in [0, 0.1) is 11.8 Å². The van der Waals surface area contributed by atoms with Gasteiger partial charge in [0.2, 0.25) is 11.8 Å². The number of para-hydroxylation sites is 2. The van der Waals surface area contributed by atoms with Crippen molar-refractivity contribution in [3.63, 3.8) is 0 Å². The van der Waals surface area contributed by atoms with Crippen LogP contribution < -0.4 is 19.2 Å². The van der Waals surface area contributed by atoms with Gasteiger partial charge >= 0.3 is 10.2 Å². The number of anilines is 2. The quantitative estimate of drug-likeness (QED) is 0.603. The van der Waals surface area contributed by atoms with Gasteiger partial charge in [0.15, 0.2) is 0 Å². The molecular weight excluding hydrogens is 440 g/mol. The van der Waals surface area contributed by atoms with Crippen LogP contribution in [-0.4, -0.2) is 46.4 Å². The van der Waals surface area contributed by atoms with Gasteiger partial charge in [0.1, 0.15) is 13.1 Å². The molecule has 0 bridgehead atoms. The van der Waals surface area contributed by atoms with E-state index in [1.165, 1.54) is 38.5 Å². The Kier molecular flexibility index (Phi) is 7.78. The summed E-state index contributed by atoms with van der Waals surface area (Å²) in [7, 11) is -4.02. The third kappa shape index (κ3) is 5.80. The summed E-state index contributed by atoms with van der Waals surface area (Å²) in [5.74, 6) is 0.300. The van der Waals surface area contributed by atoms with Crippen molar-refractivity contribution in [3.05, 3.63) is 24.3 Å². The van der Waals surface area contributed by atoms with Gasteiger partial charge in [0.05, 0.1) is 11.4 Å². The fourth-order valence-corrected chi connectivity index (χ4v) is 6.86. The fourth-order valence-electron chi connectivity index (χ4n) is 5.26. The second kappa shape index (κ2) is 10.8. The van der Waals surface area contributed by atoms with Crippen LogP contribution in [0.3, 0.4) is 0 Å². The van der Waals surface area contributed by atoms with Crippen LogP contribution in [0.1, 0.15) is 64.2 Å². The molecule has 3 aliphatic rings. The molecule has 0 radical (unpaired) electrons. The smallest absolute Gasteiger partial charge is 0.327 e. The summed E-state index contributed by atoms with van der Waals surface area (Å²) in [6, 6.07) is 6.85. The molecular formula is C24H36N4O4S. The SMILES string of the molecule is O=C(CN1c2ccccc2N(CC(=O)NCC2CCCCC2)S1(=O)=O)NCC1CCCCC1. The molecule has 182 valence electrons. The maximum Gasteiger partial charge on any atom is 0.327 e. The molecule has 2 fully saturated rings. The average molecular weight is 477 g/mol. The van der Waals surface area contributed by atoms with Crippen molar-refractivity contribution in [2.24, 2.45) is 11.8 Å². The van der Waals surface area contributed by atoms with Crippen molar-refractivity contribution < 1.29 is 18.0 Å². The van der Waals surface area contributed by atoms with E-state index in [-0.39, 0.29) is 24.9 Å². The summed E-state index contributed by atoms with van der Waals surface area (Å²) < 4.78 is 28.9. The molecule has 0 unspecified atom stereocenters. The molecule has 0 atom stereocenters. The monoisotopic (exact) mass is 476 g/mol. The van der Waals surface area contributed by atoms with Crippen molar-refractivity contribution in [3.8, 4) is 0 Å². The molecule has 2 aliphatic carbocycles. The number of rotatable bonds is 8. The molecule has 1 aromatic carbocycles. The van der Waals surface area contributed by atoms with Crippen molar-refractivity contribution >= 4 is 33.4 Å². The lowest BCUT2D eigenvalue weighted by Gasteiger charge is -2.24. The van der Waals surface area contributed by atoms with Crippen molar-refractivity contribution in [1.82, 2.24) is 10.6 Å². The van der Waals surface area contributed by atoms with Crippen LogP contribution in [0.5, 0.6) is 0 Å². The van der Waals surface area contributed by atoms with E-state index in [1.54, 1.807) is 24.3 Å². The molecule has 9 heteroatoms. The Labute approximate surface area is 197 Å². The van der Waals surface area contributed by atoms with Gasteiger partial charge < -0.3 is 10.6 Å². The molecule has 33 heavy (non-hydrogen) atoms. The maximum absolute atomic E-state index is 13.3. The number of benzene rings is 1. The van der Waals surface area contributed by atoms with Gasteiger partial charge in [-0.1, -0.05) is 50.7 Å². The number of nitrogens with one attached hydrogen (secondary N) is 2. The Balaban J connectivity index is 1.38. The van der Waals surface area contributed by atoms with Crippen LogP contribution in [-0.2, 0) is 19.8 Å². The van der Waals surface area contributed by atoms with Gasteiger partial charge in [-0.15, -0.1) is 0 Å². The Morgan fingerprint density at radius 2 is 1.12 bits per heavy atom. The third-order valence-electron chi connectivity index (χ3n) is 7.18.